The van der Waals surface area contributed by atoms with Crippen LogP contribution in [-0.4, -0.2) is 24.3 Å². The highest BCUT2D eigenvalue weighted by molar-refractivity contribution is 5.87. The molecule has 0 bridgehead atoms. The zero-order chi connectivity index (χ0) is 10.9. The molecule has 15 heavy (non-hydrogen) atoms. The number of hydrogen-bond acceptors (Lipinski definition) is 3. The van der Waals surface area contributed by atoms with Crippen LogP contribution in [0.1, 0.15) is 23.2 Å². The van der Waals surface area contributed by atoms with E-state index in [1.165, 1.54) is 0 Å². The van der Waals surface area contributed by atoms with Gasteiger partial charge in [-0.15, -0.1) is 0 Å². The SMILES string of the molecule is C1CCOOC1.O=C(O)c1ccccc1. The topological polar surface area (TPSA) is 55.8 Å². The molecule has 0 unspecified atom stereocenters. The first-order valence-electron chi connectivity index (χ1n) is 4.83. The fraction of sp³-hybridized carbons (Fsp3) is 0.364. The molecule has 1 aliphatic heterocycles. The van der Waals surface area contributed by atoms with Gasteiger partial charge in [-0.05, 0) is 25.0 Å². The summed E-state index contributed by atoms with van der Waals surface area (Å²) in [5.74, 6) is -0.879. The van der Waals surface area contributed by atoms with Crippen molar-refractivity contribution in [2.75, 3.05) is 13.2 Å². The molecule has 0 radical (unpaired) electrons. The van der Waals surface area contributed by atoms with Gasteiger partial charge < -0.3 is 5.11 Å². The van der Waals surface area contributed by atoms with Crippen LogP contribution < -0.4 is 0 Å². The van der Waals surface area contributed by atoms with Crippen molar-refractivity contribution in [2.45, 2.75) is 12.8 Å². The van der Waals surface area contributed by atoms with Crippen molar-refractivity contribution in [1.29, 1.82) is 0 Å². The summed E-state index contributed by atoms with van der Waals surface area (Å²) in [6.07, 6.45) is 2.31. The van der Waals surface area contributed by atoms with Gasteiger partial charge >= 0.3 is 5.97 Å². The molecule has 0 aliphatic carbocycles. The van der Waals surface area contributed by atoms with Gasteiger partial charge in [-0.25, -0.2) is 14.6 Å². The molecule has 0 spiro atoms. The molecular formula is C11H14O4. The summed E-state index contributed by atoms with van der Waals surface area (Å²) in [5.41, 5.74) is 0.331. The lowest BCUT2D eigenvalue weighted by atomic mass is 10.2. The maximum atomic E-state index is 10.2. The monoisotopic (exact) mass is 210 g/mol. The summed E-state index contributed by atoms with van der Waals surface area (Å²) in [4.78, 5) is 19.3. The Hall–Kier alpha value is -1.39. The van der Waals surface area contributed by atoms with Crippen molar-refractivity contribution in [3.8, 4) is 0 Å². The van der Waals surface area contributed by atoms with E-state index in [2.05, 4.69) is 9.78 Å². The third kappa shape index (κ3) is 5.15. The van der Waals surface area contributed by atoms with Crippen LogP contribution in [0.4, 0.5) is 0 Å². The highest BCUT2D eigenvalue weighted by atomic mass is 17.2. The Balaban J connectivity index is 0.000000162. The van der Waals surface area contributed by atoms with Crippen LogP contribution in [0.25, 0.3) is 0 Å². The highest BCUT2D eigenvalue weighted by Gasteiger charge is 1.96. The zero-order valence-corrected chi connectivity index (χ0v) is 8.39. The van der Waals surface area contributed by atoms with E-state index < -0.39 is 5.97 Å². The third-order valence-electron chi connectivity index (χ3n) is 1.81. The molecule has 4 nitrogen and oxygen atoms in total. The normalized spacial score (nSPS) is 14.9. The minimum Gasteiger partial charge on any atom is -0.478 e. The molecule has 1 fully saturated rings. The molecule has 1 N–H and O–H groups in total. The minimum absolute atomic E-state index is 0.331. The number of benzene rings is 1. The van der Waals surface area contributed by atoms with Gasteiger partial charge in [0.2, 0.25) is 0 Å². The van der Waals surface area contributed by atoms with Gasteiger partial charge in [0, 0.05) is 0 Å². The van der Waals surface area contributed by atoms with E-state index in [0.29, 0.717) is 5.56 Å². The van der Waals surface area contributed by atoms with Crippen molar-refractivity contribution >= 4 is 5.97 Å². The quantitative estimate of drug-likeness (QED) is 0.721. The van der Waals surface area contributed by atoms with Crippen molar-refractivity contribution in [3.05, 3.63) is 35.9 Å². The summed E-state index contributed by atoms with van der Waals surface area (Å²) in [6, 6.07) is 8.30. The van der Waals surface area contributed by atoms with Gasteiger partial charge in [0.15, 0.2) is 0 Å². The van der Waals surface area contributed by atoms with E-state index in [0.717, 1.165) is 26.1 Å². The molecule has 4 heteroatoms. The Morgan fingerprint density at radius 3 is 1.87 bits per heavy atom. The van der Waals surface area contributed by atoms with Crippen LogP contribution in [0.15, 0.2) is 30.3 Å². The maximum absolute atomic E-state index is 10.2. The van der Waals surface area contributed by atoms with E-state index in [1.807, 2.05) is 0 Å². The highest BCUT2D eigenvalue weighted by Crippen LogP contribution is 1.98. The standard InChI is InChI=1S/C7H6O2.C4H8O2/c8-7(9)6-4-2-1-3-5-6;1-2-4-6-5-3-1/h1-5H,(H,8,9);1-4H2. The molecule has 0 aromatic heterocycles. The first-order valence-corrected chi connectivity index (χ1v) is 4.83. The predicted octanol–water partition coefficient (Wildman–Crippen LogP) is 2.11. The second kappa shape index (κ2) is 6.98. The van der Waals surface area contributed by atoms with Crippen molar-refractivity contribution in [3.63, 3.8) is 0 Å². The second-order valence-corrected chi connectivity index (χ2v) is 3.02. The van der Waals surface area contributed by atoms with Crippen LogP contribution in [0.2, 0.25) is 0 Å². The van der Waals surface area contributed by atoms with Crippen molar-refractivity contribution in [2.24, 2.45) is 0 Å². The molecule has 0 saturated carbocycles. The van der Waals surface area contributed by atoms with Crippen molar-refractivity contribution in [1.82, 2.24) is 0 Å². The number of carbonyl (C=O) groups is 1. The van der Waals surface area contributed by atoms with Gasteiger partial charge in [-0.2, -0.15) is 0 Å². The molecular weight excluding hydrogens is 196 g/mol. The summed E-state index contributed by atoms with van der Waals surface area (Å²) in [5, 5.41) is 8.38. The van der Waals surface area contributed by atoms with Crippen molar-refractivity contribution < 1.29 is 19.7 Å². The van der Waals surface area contributed by atoms with E-state index in [1.54, 1.807) is 30.3 Å². The van der Waals surface area contributed by atoms with Gasteiger partial charge in [-0.1, -0.05) is 18.2 Å². The van der Waals surface area contributed by atoms with Crippen LogP contribution in [-0.2, 0) is 9.78 Å². The maximum Gasteiger partial charge on any atom is 0.335 e. The average molecular weight is 210 g/mol. The van der Waals surface area contributed by atoms with E-state index in [4.69, 9.17) is 5.11 Å². The minimum atomic E-state index is -0.879. The number of aromatic carboxylic acids is 1. The number of carboxylic acid groups (broad SMARTS) is 1. The van der Waals surface area contributed by atoms with Gasteiger partial charge in [0.05, 0.1) is 18.8 Å². The lowest BCUT2D eigenvalue weighted by Crippen LogP contribution is -2.05. The number of rotatable bonds is 1. The summed E-state index contributed by atoms with van der Waals surface area (Å²) in [6.45, 7) is 1.56. The molecule has 0 amide bonds. The summed E-state index contributed by atoms with van der Waals surface area (Å²) in [7, 11) is 0. The Kier molecular flexibility index (Phi) is 5.43. The Labute approximate surface area is 88.4 Å². The lowest BCUT2D eigenvalue weighted by Gasteiger charge is -2.07. The first-order chi connectivity index (χ1) is 7.30. The Morgan fingerprint density at radius 2 is 1.60 bits per heavy atom. The smallest absolute Gasteiger partial charge is 0.335 e. The summed E-state index contributed by atoms with van der Waals surface area (Å²) >= 11 is 0. The molecule has 1 aliphatic rings. The van der Waals surface area contributed by atoms with E-state index in [9.17, 15) is 4.79 Å². The number of hydrogen-bond donors (Lipinski definition) is 1. The average Bonchev–Trinajstić information content (AvgIpc) is 2.33. The van der Waals surface area contributed by atoms with Crippen LogP contribution in [0.3, 0.4) is 0 Å². The third-order valence-corrected chi connectivity index (χ3v) is 1.81. The molecule has 2 rings (SSSR count). The molecule has 82 valence electrons. The molecule has 1 aromatic carbocycles. The molecule has 1 saturated heterocycles. The molecule has 0 atom stereocenters. The van der Waals surface area contributed by atoms with Crippen LogP contribution in [0, 0.1) is 0 Å². The van der Waals surface area contributed by atoms with Gasteiger partial charge in [0.25, 0.3) is 0 Å². The zero-order valence-electron chi connectivity index (χ0n) is 8.39. The summed E-state index contributed by atoms with van der Waals surface area (Å²) < 4.78 is 0. The predicted molar refractivity (Wildman–Crippen MR) is 54.5 cm³/mol. The van der Waals surface area contributed by atoms with Gasteiger partial charge in [-0.3, -0.25) is 0 Å². The van der Waals surface area contributed by atoms with E-state index >= 15 is 0 Å². The molecule has 1 aromatic rings. The Bertz CT molecular complexity index is 268. The fourth-order valence-corrected chi connectivity index (χ4v) is 1.02. The molecule has 1 heterocycles. The number of carboxylic acids is 1. The largest absolute Gasteiger partial charge is 0.478 e. The second-order valence-electron chi connectivity index (χ2n) is 3.02. The van der Waals surface area contributed by atoms with E-state index in [-0.39, 0.29) is 0 Å². The Morgan fingerprint density at radius 1 is 1.07 bits per heavy atom. The van der Waals surface area contributed by atoms with Crippen LogP contribution in [0.5, 0.6) is 0 Å². The van der Waals surface area contributed by atoms with Crippen LogP contribution >= 0.6 is 0 Å². The van der Waals surface area contributed by atoms with Gasteiger partial charge in [0.1, 0.15) is 0 Å². The fourth-order valence-electron chi connectivity index (χ4n) is 1.02. The first kappa shape index (κ1) is 11.7. The lowest BCUT2D eigenvalue weighted by molar-refractivity contribution is -0.312.